The lowest BCUT2D eigenvalue weighted by atomic mass is 10.0. The first-order valence-electron chi connectivity index (χ1n) is 12.4. The van der Waals surface area contributed by atoms with Crippen molar-refractivity contribution in [3.05, 3.63) is 45.8 Å². The van der Waals surface area contributed by atoms with Crippen molar-refractivity contribution < 1.29 is 32.3 Å². The molecule has 0 spiro atoms. The molecule has 12 nitrogen and oxygen atoms in total. The SMILES string of the molecule is COCCN(CCOC)S(=O)(=O)c1ccc(C(=O)Nc2sc3c(c2C(=O)NC(N)=O)CCN(C(C)C)C3)cc1. The quantitative estimate of drug-likeness (QED) is 0.342. The molecule has 1 aromatic carbocycles. The molecule has 0 saturated carbocycles. The zero-order valence-electron chi connectivity index (χ0n) is 22.5. The summed E-state index contributed by atoms with van der Waals surface area (Å²) >= 11 is 1.28. The number of urea groups is 1. The monoisotopic (exact) mass is 581 g/mol. The first-order valence-corrected chi connectivity index (χ1v) is 14.6. The second-order valence-electron chi connectivity index (χ2n) is 9.21. The second-order valence-corrected chi connectivity index (χ2v) is 12.3. The van der Waals surface area contributed by atoms with Crippen LogP contribution in [0.4, 0.5) is 9.80 Å². The van der Waals surface area contributed by atoms with Gasteiger partial charge in [-0.1, -0.05) is 0 Å². The van der Waals surface area contributed by atoms with Crippen LogP contribution < -0.4 is 16.4 Å². The molecule has 2 aromatic rings. The highest BCUT2D eigenvalue weighted by atomic mass is 32.2. The number of benzene rings is 1. The molecule has 1 aromatic heterocycles. The zero-order chi connectivity index (χ0) is 28.7. The number of hydrogen-bond donors (Lipinski definition) is 3. The number of nitrogens with zero attached hydrogens (tertiary/aromatic N) is 2. The molecular weight excluding hydrogens is 546 g/mol. The topological polar surface area (TPSA) is 160 Å². The van der Waals surface area contributed by atoms with E-state index in [0.29, 0.717) is 24.0 Å². The maximum atomic E-state index is 13.1. The molecule has 1 aliphatic rings. The van der Waals surface area contributed by atoms with Gasteiger partial charge in [0.2, 0.25) is 10.0 Å². The fraction of sp³-hybridized carbons (Fsp3) is 0.480. The average molecular weight is 582 g/mol. The third kappa shape index (κ3) is 7.41. The maximum Gasteiger partial charge on any atom is 0.319 e. The number of nitrogens with two attached hydrogens (primary N) is 1. The van der Waals surface area contributed by atoms with Crippen LogP contribution in [-0.4, -0.2) is 88.6 Å². The van der Waals surface area contributed by atoms with E-state index in [0.717, 1.165) is 17.0 Å². The van der Waals surface area contributed by atoms with Crippen LogP contribution >= 0.6 is 11.3 Å². The van der Waals surface area contributed by atoms with Crippen LogP contribution in [0.25, 0.3) is 0 Å². The van der Waals surface area contributed by atoms with Gasteiger partial charge in [0.15, 0.2) is 0 Å². The number of fused-ring (bicyclic) bond motifs is 1. The minimum absolute atomic E-state index is 0.0214. The number of primary amides is 1. The minimum atomic E-state index is -3.85. The summed E-state index contributed by atoms with van der Waals surface area (Å²) in [5, 5.41) is 5.18. The van der Waals surface area contributed by atoms with Crippen LogP contribution in [0.2, 0.25) is 0 Å². The molecule has 0 saturated heterocycles. The Hall–Kier alpha value is -2.88. The fourth-order valence-electron chi connectivity index (χ4n) is 4.21. The van der Waals surface area contributed by atoms with E-state index in [4.69, 9.17) is 15.2 Å². The summed E-state index contributed by atoms with van der Waals surface area (Å²) < 4.78 is 37.6. The van der Waals surface area contributed by atoms with E-state index in [1.807, 2.05) is 0 Å². The molecule has 0 radical (unpaired) electrons. The van der Waals surface area contributed by atoms with Gasteiger partial charge in [-0.2, -0.15) is 4.31 Å². The van der Waals surface area contributed by atoms with Gasteiger partial charge in [0.1, 0.15) is 5.00 Å². The minimum Gasteiger partial charge on any atom is -0.383 e. The lowest BCUT2D eigenvalue weighted by Gasteiger charge is -2.30. The molecule has 0 atom stereocenters. The Kier molecular flexibility index (Phi) is 10.6. The van der Waals surface area contributed by atoms with Gasteiger partial charge < -0.3 is 20.5 Å². The molecule has 4 N–H and O–H groups in total. The highest BCUT2D eigenvalue weighted by Crippen LogP contribution is 2.38. The Bertz CT molecular complexity index is 1280. The summed E-state index contributed by atoms with van der Waals surface area (Å²) in [5.41, 5.74) is 6.37. The van der Waals surface area contributed by atoms with Crippen molar-refractivity contribution in [2.24, 2.45) is 5.73 Å². The number of methoxy groups -OCH3 is 2. The molecule has 4 amide bonds. The number of imide groups is 1. The Morgan fingerprint density at radius 2 is 1.69 bits per heavy atom. The summed E-state index contributed by atoms with van der Waals surface area (Å²) in [6.07, 6.45) is 0.580. The smallest absolute Gasteiger partial charge is 0.319 e. The van der Waals surface area contributed by atoms with Crippen LogP contribution in [0.3, 0.4) is 0 Å². The van der Waals surface area contributed by atoms with E-state index in [-0.39, 0.29) is 42.3 Å². The third-order valence-corrected chi connectivity index (χ3v) is 9.40. The summed E-state index contributed by atoms with van der Waals surface area (Å²) in [6.45, 7) is 6.24. The molecular formula is C25H35N5O7S2. The lowest BCUT2D eigenvalue weighted by Crippen LogP contribution is -2.38. The first-order chi connectivity index (χ1) is 18.5. The standard InChI is InChI=1S/C25H35N5O7S2/c1-16(2)29-10-9-19-20(15-29)38-24(21(19)23(32)28-25(26)33)27-22(31)17-5-7-18(8-6-17)39(34,35)30(11-13-36-3)12-14-37-4/h5-8,16H,9-15H2,1-4H3,(H,27,31)(H3,26,28,32,33). The largest absolute Gasteiger partial charge is 0.383 e. The van der Waals surface area contributed by atoms with Gasteiger partial charge in [0.05, 0.1) is 23.7 Å². The highest BCUT2D eigenvalue weighted by Gasteiger charge is 2.30. The number of carbonyl (C=O) groups excluding carboxylic acids is 3. The maximum absolute atomic E-state index is 13.1. The molecule has 1 aliphatic heterocycles. The van der Waals surface area contributed by atoms with Gasteiger partial charge in [0, 0.05) is 56.9 Å². The number of nitrogens with one attached hydrogen (secondary N) is 2. The number of anilines is 1. The molecule has 3 rings (SSSR count). The summed E-state index contributed by atoms with van der Waals surface area (Å²) in [4.78, 5) is 40.6. The van der Waals surface area contributed by atoms with E-state index in [9.17, 15) is 22.8 Å². The number of carbonyl (C=O) groups is 3. The van der Waals surface area contributed by atoms with Gasteiger partial charge in [-0.05, 0) is 50.1 Å². The van der Waals surface area contributed by atoms with E-state index >= 15 is 0 Å². The van der Waals surface area contributed by atoms with Crippen molar-refractivity contribution in [3.63, 3.8) is 0 Å². The number of ether oxygens (including phenoxy) is 2. The van der Waals surface area contributed by atoms with E-state index < -0.39 is 27.9 Å². The molecule has 0 fully saturated rings. The van der Waals surface area contributed by atoms with Crippen molar-refractivity contribution in [1.29, 1.82) is 0 Å². The van der Waals surface area contributed by atoms with Gasteiger partial charge in [-0.25, -0.2) is 13.2 Å². The number of hydrogen-bond acceptors (Lipinski definition) is 9. The number of sulfonamides is 1. The normalized spacial score (nSPS) is 13.9. The van der Waals surface area contributed by atoms with E-state index in [1.165, 1.54) is 54.1 Å². The molecule has 214 valence electrons. The highest BCUT2D eigenvalue weighted by molar-refractivity contribution is 7.89. The van der Waals surface area contributed by atoms with Crippen molar-refractivity contribution in [1.82, 2.24) is 14.5 Å². The van der Waals surface area contributed by atoms with Crippen LogP contribution in [0, 0.1) is 0 Å². The van der Waals surface area contributed by atoms with Crippen molar-refractivity contribution in [2.45, 2.75) is 37.8 Å². The Morgan fingerprint density at radius 1 is 1.08 bits per heavy atom. The predicted molar refractivity (Wildman–Crippen MR) is 148 cm³/mol. The number of rotatable bonds is 12. The van der Waals surface area contributed by atoms with Crippen LogP contribution in [0.1, 0.15) is 45.0 Å². The Labute approximate surface area is 232 Å². The van der Waals surface area contributed by atoms with Crippen LogP contribution in [-0.2, 0) is 32.5 Å². The third-order valence-electron chi connectivity index (χ3n) is 6.35. The molecule has 0 bridgehead atoms. The average Bonchev–Trinajstić information content (AvgIpc) is 3.25. The van der Waals surface area contributed by atoms with Crippen LogP contribution in [0.5, 0.6) is 0 Å². The Morgan fingerprint density at radius 3 is 2.23 bits per heavy atom. The zero-order valence-corrected chi connectivity index (χ0v) is 24.1. The van der Waals surface area contributed by atoms with Crippen molar-refractivity contribution in [3.8, 4) is 0 Å². The van der Waals surface area contributed by atoms with Crippen LogP contribution in [0.15, 0.2) is 29.2 Å². The first kappa shape index (κ1) is 30.7. The fourth-order valence-corrected chi connectivity index (χ4v) is 6.88. The second kappa shape index (κ2) is 13.5. The van der Waals surface area contributed by atoms with Gasteiger partial charge in [0.25, 0.3) is 11.8 Å². The van der Waals surface area contributed by atoms with Gasteiger partial charge in [-0.15, -0.1) is 11.3 Å². The summed E-state index contributed by atoms with van der Waals surface area (Å²) in [7, 11) is -0.873. The molecule has 14 heteroatoms. The Balaban J connectivity index is 1.85. The van der Waals surface area contributed by atoms with E-state index in [1.54, 1.807) is 0 Å². The molecule has 0 aliphatic carbocycles. The van der Waals surface area contributed by atoms with Gasteiger partial charge in [-0.3, -0.25) is 19.8 Å². The lowest BCUT2D eigenvalue weighted by molar-refractivity contribution is 0.0965. The van der Waals surface area contributed by atoms with E-state index in [2.05, 4.69) is 29.4 Å². The predicted octanol–water partition coefficient (Wildman–Crippen LogP) is 1.86. The molecule has 0 unspecified atom stereocenters. The van der Waals surface area contributed by atoms with Gasteiger partial charge >= 0.3 is 6.03 Å². The van der Waals surface area contributed by atoms with Crippen molar-refractivity contribution in [2.75, 3.05) is 52.4 Å². The van der Waals surface area contributed by atoms with Crippen molar-refractivity contribution >= 4 is 44.2 Å². The molecule has 39 heavy (non-hydrogen) atoms. The summed E-state index contributed by atoms with van der Waals surface area (Å²) in [6, 6.07) is 4.85. The number of thiophene rings is 1. The molecule has 2 heterocycles. The summed E-state index contributed by atoms with van der Waals surface area (Å²) in [5.74, 6) is -1.20. The number of amides is 4.